The van der Waals surface area contributed by atoms with E-state index < -0.39 is 4.92 Å². The lowest BCUT2D eigenvalue weighted by atomic mass is 10.2. The maximum absolute atomic E-state index is 10.7. The van der Waals surface area contributed by atoms with Crippen LogP contribution in [0, 0.1) is 10.1 Å². The van der Waals surface area contributed by atoms with Crippen LogP contribution in [0.4, 0.5) is 11.4 Å². The molecule has 2 aromatic rings. The van der Waals surface area contributed by atoms with Crippen LogP contribution >= 0.6 is 0 Å². The van der Waals surface area contributed by atoms with Crippen LogP contribution in [0.25, 0.3) is 0 Å². The van der Waals surface area contributed by atoms with E-state index in [2.05, 4.69) is 10.3 Å². The van der Waals surface area contributed by atoms with Gasteiger partial charge in [-0.05, 0) is 20.2 Å². The largest absolute Gasteiger partial charge is 0.492 e. The van der Waals surface area contributed by atoms with Gasteiger partial charge in [0, 0.05) is 24.9 Å². The number of nitro groups is 1. The van der Waals surface area contributed by atoms with Gasteiger partial charge < -0.3 is 15.4 Å². The lowest BCUT2D eigenvalue weighted by molar-refractivity contribution is -0.383. The van der Waals surface area contributed by atoms with Crippen LogP contribution in [0.1, 0.15) is 5.69 Å². The summed E-state index contributed by atoms with van der Waals surface area (Å²) in [7, 11) is 3.92. The molecule has 0 unspecified atom stereocenters. The van der Waals surface area contributed by atoms with Gasteiger partial charge in [-0.15, -0.1) is 5.10 Å². The Morgan fingerprint density at radius 1 is 1.45 bits per heavy atom. The van der Waals surface area contributed by atoms with Crippen LogP contribution in [-0.4, -0.2) is 45.5 Å². The number of hydrogen-bond donors (Lipinski definition) is 1. The van der Waals surface area contributed by atoms with E-state index in [4.69, 9.17) is 10.5 Å². The van der Waals surface area contributed by atoms with Gasteiger partial charge in [0.2, 0.25) is 0 Å². The van der Waals surface area contributed by atoms with Gasteiger partial charge in [0.15, 0.2) is 0 Å². The number of nitrogens with two attached hydrogens (primary N) is 1. The van der Waals surface area contributed by atoms with Gasteiger partial charge in [0.1, 0.15) is 18.0 Å². The molecule has 0 radical (unpaired) electrons. The van der Waals surface area contributed by atoms with Crippen molar-refractivity contribution in [3.8, 4) is 5.75 Å². The predicted octanol–water partition coefficient (Wildman–Crippen LogP) is 0.909. The van der Waals surface area contributed by atoms with E-state index in [1.165, 1.54) is 18.2 Å². The maximum atomic E-state index is 10.7. The Morgan fingerprint density at radius 3 is 2.86 bits per heavy atom. The second kappa shape index (κ2) is 6.85. The number of benzene rings is 1. The molecule has 0 saturated carbocycles. The number of aromatic nitrogens is 3. The first-order valence-corrected chi connectivity index (χ1v) is 6.66. The molecular weight excluding hydrogens is 288 g/mol. The standard InChI is InChI=1S/C13H18N6O3/c1-17(2)8-10-9-18(16-15-10)5-6-22-11-3-4-13(19(20)21)12(14)7-11/h3-4,7,9H,5-6,8,14H2,1-2H3. The van der Waals surface area contributed by atoms with Crippen LogP contribution in [0.15, 0.2) is 24.4 Å². The SMILES string of the molecule is CN(C)Cc1cn(CCOc2ccc([N+](=O)[O-])c(N)c2)nn1. The van der Waals surface area contributed by atoms with Crippen LogP contribution in [-0.2, 0) is 13.1 Å². The Labute approximate surface area is 127 Å². The van der Waals surface area contributed by atoms with Crippen molar-refractivity contribution in [1.82, 2.24) is 19.9 Å². The molecule has 22 heavy (non-hydrogen) atoms. The first-order valence-electron chi connectivity index (χ1n) is 6.66. The smallest absolute Gasteiger partial charge is 0.292 e. The quantitative estimate of drug-likeness (QED) is 0.459. The minimum atomic E-state index is -0.527. The van der Waals surface area contributed by atoms with E-state index in [1.807, 2.05) is 25.2 Å². The van der Waals surface area contributed by atoms with Crippen LogP contribution in [0.3, 0.4) is 0 Å². The fourth-order valence-electron chi connectivity index (χ4n) is 1.89. The number of nitro benzene ring substituents is 1. The molecule has 0 aliphatic rings. The minimum absolute atomic E-state index is 0.0801. The summed E-state index contributed by atoms with van der Waals surface area (Å²) in [4.78, 5) is 12.2. The molecule has 118 valence electrons. The molecule has 9 heteroatoms. The number of nitrogen functional groups attached to an aromatic ring is 1. The van der Waals surface area contributed by atoms with Crippen molar-refractivity contribution in [3.05, 3.63) is 40.2 Å². The molecule has 0 atom stereocenters. The Morgan fingerprint density at radius 2 is 2.23 bits per heavy atom. The molecule has 2 rings (SSSR count). The summed E-state index contributed by atoms with van der Waals surface area (Å²) in [6.45, 7) is 1.61. The van der Waals surface area contributed by atoms with Crippen molar-refractivity contribution < 1.29 is 9.66 Å². The highest BCUT2D eigenvalue weighted by molar-refractivity contribution is 5.60. The average molecular weight is 306 g/mol. The zero-order chi connectivity index (χ0) is 16.1. The average Bonchev–Trinajstić information content (AvgIpc) is 2.85. The van der Waals surface area contributed by atoms with Gasteiger partial charge in [0.25, 0.3) is 5.69 Å². The Bertz CT molecular complexity index is 655. The number of ether oxygens (including phenoxy) is 1. The number of nitrogens with zero attached hydrogens (tertiary/aromatic N) is 5. The van der Waals surface area contributed by atoms with Gasteiger partial charge >= 0.3 is 0 Å². The third-order valence-corrected chi connectivity index (χ3v) is 2.85. The molecule has 0 aliphatic heterocycles. The van der Waals surface area contributed by atoms with E-state index >= 15 is 0 Å². The molecule has 1 heterocycles. The molecule has 0 spiro atoms. The number of anilines is 1. The molecule has 9 nitrogen and oxygen atoms in total. The van der Waals surface area contributed by atoms with Crippen molar-refractivity contribution in [2.24, 2.45) is 0 Å². The molecule has 2 N–H and O–H groups in total. The highest BCUT2D eigenvalue weighted by Crippen LogP contribution is 2.25. The fourth-order valence-corrected chi connectivity index (χ4v) is 1.89. The molecular formula is C13H18N6O3. The summed E-state index contributed by atoms with van der Waals surface area (Å²) in [5.41, 5.74) is 6.43. The summed E-state index contributed by atoms with van der Waals surface area (Å²) < 4.78 is 7.20. The van der Waals surface area contributed by atoms with Gasteiger partial charge in [-0.25, -0.2) is 4.68 Å². The highest BCUT2D eigenvalue weighted by Gasteiger charge is 2.11. The molecule has 1 aromatic carbocycles. The zero-order valence-electron chi connectivity index (χ0n) is 12.5. The third kappa shape index (κ3) is 4.16. The van der Waals surface area contributed by atoms with Crippen molar-refractivity contribution in [3.63, 3.8) is 0 Å². The Kier molecular flexibility index (Phi) is 4.89. The van der Waals surface area contributed by atoms with Gasteiger partial charge in [-0.2, -0.15) is 0 Å². The predicted molar refractivity (Wildman–Crippen MR) is 80.4 cm³/mol. The summed E-state index contributed by atoms with van der Waals surface area (Å²) in [6, 6.07) is 4.29. The van der Waals surface area contributed by atoms with Crippen molar-refractivity contribution in [1.29, 1.82) is 0 Å². The molecule has 0 amide bonds. The topological polar surface area (TPSA) is 112 Å². The molecule has 0 aliphatic carbocycles. The van der Waals surface area contributed by atoms with E-state index in [0.717, 1.165) is 12.2 Å². The second-order valence-electron chi connectivity index (χ2n) is 5.04. The summed E-state index contributed by atoms with van der Waals surface area (Å²) in [6.07, 6.45) is 1.85. The number of hydrogen-bond acceptors (Lipinski definition) is 7. The molecule has 0 saturated heterocycles. The van der Waals surface area contributed by atoms with Crippen LogP contribution in [0.5, 0.6) is 5.75 Å². The first-order chi connectivity index (χ1) is 10.5. The highest BCUT2D eigenvalue weighted by atomic mass is 16.6. The third-order valence-electron chi connectivity index (χ3n) is 2.85. The van der Waals surface area contributed by atoms with Gasteiger partial charge in [0.05, 0.1) is 17.2 Å². The minimum Gasteiger partial charge on any atom is -0.492 e. The second-order valence-corrected chi connectivity index (χ2v) is 5.04. The van der Waals surface area contributed by atoms with E-state index in [0.29, 0.717) is 18.9 Å². The van der Waals surface area contributed by atoms with Crippen molar-refractivity contribution >= 4 is 11.4 Å². The van der Waals surface area contributed by atoms with Crippen molar-refractivity contribution in [2.45, 2.75) is 13.1 Å². The summed E-state index contributed by atoms with van der Waals surface area (Å²) in [5, 5.41) is 18.7. The zero-order valence-corrected chi connectivity index (χ0v) is 12.5. The van der Waals surface area contributed by atoms with Crippen LogP contribution in [0.2, 0.25) is 0 Å². The van der Waals surface area contributed by atoms with Crippen molar-refractivity contribution in [2.75, 3.05) is 26.4 Å². The monoisotopic (exact) mass is 306 g/mol. The fraction of sp³-hybridized carbons (Fsp3) is 0.385. The lowest BCUT2D eigenvalue weighted by Crippen LogP contribution is -2.11. The molecule has 0 fully saturated rings. The molecule has 1 aromatic heterocycles. The molecule has 0 bridgehead atoms. The summed E-state index contributed by atoms with van der Waals surface area (Å²) >= 11 is 0. The Hall–Kier alpha value is -2.68. The maximum Gasteiger partial charge on any atom is 0.292 e. The van der Waals surface area contributed by atoms with Crippen LogP contribution < -0.4 is 10.5 Å². The van der Waals surface area contributed by atoms with E-state index in [9.17, 15) is 10.1 Å². The Balaban J connectivity index is 1.87. The van der Waals surface area contributed by atoms with Gasteiger partial charge in [-0.1, -0.05) is 5.21 Å². The normalized spacial score (nSPS) is 10.9. The lowest BCUT2D eigenvalue weighted by Gasteiger charge is -2.07. The number of rotatable bonds is 7. The first kappa shape index (κ1) is 15.7. The van der Waals surface area contributed by atoms with E-state index in [-0.39, 0.29) is 11.4 Å². The van der Waals surface area contributed by atoms with E-state index in [1.54, 1.807) is 4.68 Å². The van der Waals surface area contributed by atoms with Gasteiger partial charge in [-0.3, -0.25) is 10.1 Å². The summed E-state index contributed by atoms with van der Waals surface area (Å²) in [5.74, 6) is 0.483.